The summed E-state index contributed by atoms with van der Waals surface area (Å²) in [5.41, 5.74) is 1.09. The number of hydrogen-bond donors (Lipinski definition) is 2. The van der Waals surface area contributed by atoms with Crippen molar-refractivity contribution < 1.29 is 4.79 Å². The zero-order chi connectivity index (χ0) is 13.5. The Morgan fingerprint density at radius 2 is 2.11 bits per heavy atom. The van der Waals surface area contributed by atoms with Crippen molar-refractivity contribution in [1.82, 2.24) is 10.3 Å². The summed E-state index contributed by atoms with van der Waals surface area (Å²) in [6.07, 6.45) is 9.57. The molecule has 0 bridgehead atoms. The number of rotatable bonds is 4. The van der Waals surface area contributed by atoms with Gasteiger partial charge in [-0.15, -0.1) is 0 Å². The number of urea groups is 1. The van der Waals surface area contributed by atoms with Gasteiger partial charge in [0.05, 0.1) is 0 Å². The van der Waals surface area contributed by atoms with Crippen molar-refractivity contribution in [2.75, 3.05) is 11.9 Å². The van der Waals surface area contributed by atoms with Gasteiger partial charge in [-0.3, -0.25) is 5.32 Å². The van der Waals surface area contributed by atoms with Crippen molar-refractivity contribution in [3.05, 3.63) is 23.9 Å². The number of amides is 2. The number of nitrogens with one attached hydrogen (secondary N) is 2. The fraction of sp³-hybridized carbons (Fsp3) is 0.600. The first kappa shape index (κ1) is 13.8. The first-order chi connectivity index (χ1) is 9.24. The van der Waals surface area contributed by atoms with E-state index in [2.05, 4.69) is 15.6 Å². The molecule has 1 aromatic heterocycles. The predicted octanol–water partition coefficient (Wildman–Crippen LogP) is 3.48. The molecule has 1 fully saturated rings. The average Bonchev–Trinajstić information content (AvgIpc) is 2.43. The quantitative estimate of drug-likeness (QED) is 0.871. The number of hydrogen-bond acceptors (Lipinski definition) is 2. The molecule has 0 spiro atoms. The van der Waals surface area contributed by atoms with Gasteiger partial charge in [-0.05, 0) is 30.9 Å². The molecule has 0 saturated heterocycles. The monoisotopic (exact) mass is 261 g/mol. The average molecular weight is 261 g/mol. The summed E-state index contributed by atoms with van der Waals surface area (Å²) in [5.74, 6) is 1.40. The van der Waals surface area contributed by atoms with Crippen molar-refractivity contribution in [2.24, 2.45) is 5.92 Å². The van der Waals surface area contributed by atoms with E-state index in [1.54, 1.807) is 6.20 Å². The van der Waals surface area contributed by atoms with E-state index in [-0.39, 0.29) is 6.03 Å². The van der Waals surface area contributed by atoms with E-state index in [1.165, 1.54) is 32.1 Å². The van der Waals surface area contributed by atoms with Crippen LogP contribution in [0.15, 0.2) is 18.3 Å². The maximum atomic E-state index is 11.7. The summed E-state index contributed by atoms with van der Waals surface area (Å²) in [6, 6.07) is 3.59. The molecule has 4 heteroatoms. The minimum atomic E-state index is -0.160. The minimum Gasteiger partial charge on any atom is -0.338 e. The first-order valence-corrected chi connectivity index (χ1v) is 7.21. The molecule has 1 aliphatic rings. The number of aryl methyl sites for hydroxylation is 1. The van der Waals surface area contributed by atoms with Crippen LogP contribution in [-0.4, -0.2) is 17.6 Å². The van der Waals surface area contributed by atoms with E-state index in [0.717, 1.165) is 24.4 Å². The number of pyridine rings is 1. The lowest BCUT2D eigenvalue weighted by Crippen LogP contribution is -2.31. The van der Waals surface area contributed by atoms with Crippen molar-refractivity contribution in [3.63, 3.8) is 0 Å². The highest BCUT2D eigenvalue weighted by atomic mass is 16.2. The second-order valence-corrected chi connectivity index (χ2v) is 5.39. The Morgan fingerprint density at radius 1 is 1.32 bits per heavy atom. The molecule has 4 nitrogen and oxygen atoms in total. The lowest BCUT2D eigenvalue weighted by Gasteiger charge is -2.21. The molecule has 1 saturated carbocycles. The molecule has 1 aliphatic carbocycles. The minimum absolute atomic E-state index is 0.160. The van der Waals surface area contributed by atoms with Gasteiger partial charge in [0.15, 0.2) is 0 Å². The van der Waals surface area contributed by atoms with Gasteiger partial charge >= 0.3 is 6.03 Å². The molecule has 0 unspecified atom stereocenters. The third kappa shape index (κ3) is 4.89. The lowest BCUT2D eigenvalue weighted by molar-refractivity contribution is 0.250. The number of nitrogens with zero attached hydrogens (tertiary/aromatic N) is 1. The largest absolute Gasteiger partial charge is 0.338 e. The number of aromatic nitrogens is 1. The number of carbonyl (C=O) groups excluding carboxylic acids is 1. The Labute approximate surface area is 115 Å². The molecular formula is C15H23N3O. The van der Waals surface area contributed by atoms with Crippen LogP contribution in [0.25, 0.3) is 0 Å². The summed E-state index contributed by atoms with van der Waals surface area (Å²) in [7, 11) is 0. The fourth-order valence-electron chi connectivity index (χ4n) is 2.57. The maximum Gasteiger partial charge on any atom is 0.320 e. The summed E-state index contributed by atoms with van der Waals surface area (Å²) >= 11 is 0. The Morgan fingerprint density at radius 3 is 2.79 bits per heavy atom. The van der Waals surface area contributed by atoms with E-state index in [4.69, 9.17) is 0 Å². The molecule has 2 amide bonds. The van der Waals surface area contributed by atoms with Crippen LogP contribution in [0.2, 0.25) is 0 Å². The molecule has 0 atom stereocenters. The normalized spacial score (nSPS) is 16.1. The van der Waals surface area contributed by atoms with Gasteiger partial charge in [-0.25, -0.2) is 9.78 Å². The van der Waals surface area contributed by atoms with Crippen LogP contribution in [0.4, 0.5) is 10.6 Å². The summed E-state index contributed by atoms with van der Waals surface area (Å²) in [5, 5.41) is 5.65. The Hall–Kier alpha value is -1.58. The SMILES string of the molecule is Cc1ccc(NC(=O)NCCC2CCCCC2)nc1. The zero-order valence-electron chi connectivity index (χ0n) is 11.6. The molecule has 1 aromatic rings. The van der Waals surface area contributed by atoms with Gasteiger partial charge in [0.2, 0.25) is 0 Å². The molecule has 0 aromatic carbocycles. The number of carbonyl (C=O) groups is 1. The third-order valence-corrected chi connectivity index (χ3v) is 3.72. The van der Waals surface area contributed by atoms with Gasteiger partial charge in [-0.1, -0.05) is 38.2 Å². The van der Waals surface area contributed by atoms with Crippen LogP contribution in [-0.2, 0) is 0 Å². The molecule has 19 heavy (non-hydrogen) atoms. The maximum absolute atomic E-state index is 11.7. The van der Waals surface area contributed by atoms with Crippen LogP contribution >= 0.6 is 0 Å². The third-order valence-electron chi connectivity index (χ3n) is 3.72. The Kier molecular flexibility index (Phi) is 5.19. The van der Waals surface area contributed by atoms with Gasteiger partial charge in [0.1, 0.15) is 5.82 Å². The topological polar surface area (TPSA) is 54.0 Å². The number of anilines is 1. The fourth-order valence-corrected chi connectivity index (χ4v) is 2.57. The Bertz CT molecular complexity index is 396. The Balaban J connectivity index is 1.65. The lowest BCUT2D eigenvalue weighted by atomic mass is 9.87. The van der Waals surface area contributed by atoms with Crippen molar-refractivity contribution in [3.8, 4) is 0 Å². The van der Waals surface area contributed by atoms with E-state index in [0.29, 0.717) is 5.82 Å². The van der Waals surface area contributed by atoms with E-state index < -0.39 is 0 Å². The summed E-state index contributed by atoms with van der Waals surface area (Å²) < 4.78 is 0. The smallest absolute Gasteiger partial charge is 0.320 e. The molecule has 2 N–H and O–H groups in total. The van der Waals surface area contributed by atoms with E-state index in [9.17, 15) is 4.79 Å². The van der Waals surface area contributed by atoms with Gasteiger partial charge in [0, 0.05) is 12.7 Å². The zero-order valence-corrected chi connectivity index (χ0v) is 11.6. The van der Waals surface area contributed by atoms with Crippen LogP contribution in [0, 0.1) is 12.8 Å². The molecule has 104 valence electrons. The van der Waals surface area contributed by atoms with E-state index >= 15 is 0 Å². The highest BCUT2D eigenvalue weighted by Crippen LogP contribution is 2.25. The molecule has 1 heterocycles. The summed E-state index contributed by atoms with van der Waals surface area (Å²) in [4.78, 5) is 15.8. The summed E-state index contributed by atoms with van der Waals surface area (Å²) in [6.45, 7) is 2.73. The second-order valence-electron chi connectivity index (χ2n) is 5.39. The van der Waals surface area contributed by atoms with Crippen LogP contribution in [0.3, 0.4) is 0 Å². The molecule has 2 rings (SSSR count). The van der Waals surface area contributed by atoms with Crippen LogP contribution < -0.4 is 10.6 Å². The van der Waals surface area contributed by atoms with Crippen LogP contribution in [0.1, 0.15) is 44.1 Å². The van der Waals surface area contributed by atoms with E-state index in [1.807, 2.05) is 19.1 Å². The predicted molar refractivity (Wildman–Crippen MR) is 77.2 cm³/mol. The standard InChI is InChI=1S/C15H23N3O/c1-12-7-8-14(17-11-12)18-15(19)16-10-9-13-5-3-2-4-6-13/h7-8,11,13H,2-6,9-10H2,1H3,(H2,16,17,18,19). The second kappa shape index (κ2) is 7.12. The highest BCUT2D eigenvalue weighted by Gasteiger charge is 2.13. The van der Waals surface area contributed by atoms with Gasteiger partial charge in [0.25, 0.3) is 0 Å². The van der Waals surface area contributed by atoms with Crippen LogP contribution in [0.5, 0.6) is 0 Å². The molecule has 0 radical (unpaired) electrons. The molecular weight excluding hydrogens is 238 g/mol. The van der Waals surface area contributed by atoms with Gasteiger partial charge < -0.3 is 5.32 Å². The van der Waals surface area contributed by atoms with Crippen molar-refractivity contribution >= 4 is 11.8 Å². The molecule has 0 aliphatic heterocycles. The van der Waals surface area contributed by atoms with Crippen molar-refractivity contribution in [2.45, 2.75) is 45.4 Å². The highest BCUT2D eigenvalue weighted by molar-refractivity contribution is 5.88. The first-order valence-electron chi connectivity index (χ1n) is 7.21. The van der Waals surface area contributed by atoms with Gasteiger partial charge in [-0.2, -0.15) is 0 Å². The van der Waals surface area contributed by atoms with Crippen molar-refractivity contribution in [1.29, 1.82) is 0 Å².